The lowest BCUT2D eigenvalue weighted by Crippen LogP contribution is -2.18. The molecule has 0 aliphatic rings. The molecule has 0 saturated carbocycles. The van der Waals surface area contributed by atoms with E-state index in [1.165, 1.54) is 6.42 Å². The predicted octanol–water partition coefficient (Wildman–Crippen LogP) is 2.15. The summed E-state index contributed by atoms with van der Waals surface area (Å²) >= 11 is 0. The van der Waals surface area contributed by atoms with Gasteiger partial charge in [0.05, 0.1) is 0 Å². The molecular weight excluding hydrogens is 150 g/mol. The van der Waals surface area contributed by atoms with Crippen molar-refractivity contribution in [3.05, 3.63) is 0 Å². The van der Waals surface area contributed by atoms with Crippen molar-refractivity contribution >= 4 is 6.41 Å². The molecule has 0 aromatic heterocycles. The predicted molar refractivity (Wildman–Crippen MR) is 51.9 cm³/mol. The Balaban J connectivity index is 3.36. The van der Waals surface area contributed by atoms with E-state index in [9.17, 15) is 4.79 Å². The normalized spacial score (nSPS) is 13.1. The first-order chi connectivity index (χ1) is 5.57. The molecule has 2 nitrogen and oxygen atoms in total. The molecule has 0 saturated heterocycles. The zero-order valence-electron chi connectivity index (χ0n) is 8.71. The molecule has 0 rings (SSSR count). The summed E-state index contributed by atoms with van der Waals surface area (Å²) in [6, 6.07) is 0. The fraction of sp³-hybridized carbons (Fsp3) is 0.900. The molecule has 0 aromatic rings. The van der Waals surface area contributed by atoms with Gasteiger partial charge in [0.2, 0.25) is 6.41 Å². The summed E-state index contributed by atoms with van der Waals surface area (Å²) < 4.78 is 0. The molecule has 0 aromatic carbocycles. The first kappa shape index (κ1) is 11.5. The molecule has 0 radical (unpaired) electrons. The Morgan fingerprint density at radius 2 is 1.92 bits per heavy atom. The second-order valence-corrected chi connectivity index (χ2v) is 3.95. The highest BCUT2D eigenvalue weighted by molar-refractivity contribution is 5.46. The lowest BCUT2D eigenvalue weighted by atomic mass is 9.93. The van der Waals surface area contributed by atoms with Gasteiger partial charge in [-0.1, -0.05) is 20.8 Å². The topological polar surface area (TPSA) is 20.3 Å². The zero-order valence-corrected chi connectivity index (χ0v) is 8.71. The number of carbonyl (C=O) groups excluding carboxylic acids is 1. The minimum absolute atomic E-state index is 0.756. The molecule has 1 unspecified atom stereocenters. The molecule has 0 spiro atoms. The average molecular weight is 171 g/mol. The number of hydrogen-bond acceptors (Lipinski definition) is 1. The molecule has 72 valence electrons. The quantitative estimate of drug-likeness (QED) is 0.561. The molecule has 0 fully saturated rings. The third kappa shape index (κ3) is 5.16. The highest BCUT2D eigenvalue weighted by Crippen LogP contribution is 2.15. The lowest BCUT2D eigenvalue weighted by molar-refractivity contribution is -0.117. The van der Waals surface area contributed by atoms with E-state index in [4.69, 9.17) is 0 Å². The molecular formula is C10H21NO. The Kier molecular flexibility index (Phi) is 5.77. The van der Waals surface area contributed by atoms with Crippen LogP contribution in [0.4, 0.5) is 0 Å². The van der Waals surface area contributed by atoms with E-state index in [0.29, 0.717) is 0 Å². The van der Waals surface area contributed by atoms with E-state index in [1.54, 1.807) is 4.90 Å². The highest BCUT2D eigenvalue weighted by atomic mass is 16.1. The number of rotatable bonds is 6. The van der Waals surface area contributed by atoms with Crippen LogP contribution in [0.15, 0.2) is 0 Å². The second kappa shape index (κ2) is 6.04. The summed E-state index contributed by atoms with van der Waals surface area (Å²) in [5.41, 5.74) is 0. The molecule has 12 heavy (non-hydrogen) atoms. The van der Waals surface area contributed by atoms with Gasteiger partial charge < -0.3 is 4.90 Å². The van der Waals surface area contributed by atoms with Gasteiger partial charge in [0.25, 0.3) is 0 Å². The molecule has 1 amide bonds. The van der Waals surface area contributed by atoms with E-state index < -0.39 is 0 Å². The lowest BCUT2D eigenvalue weighted by Gasteiger charge is -2.16. The molecule has 0 N–H and O–H groups in total. The van der Waals surface area contributed by atoms with Crippen molar-refractivity contribution in [2.75, 3.05) is 13.6 Å². The van der Waals surface area contributed by atoms with Crippen LogP contribution in [0.5, 0.6) is 0 Å². The maximum absolute atomic E-state index is 10.2. The van der Waals surface area contributed by atoms with Gasteiger partial charge in [0.1, 0.15) is 0 Å². The largest absolute Gasteiger partial charge is 0.348 e. The van der Waals surface area contributed by atoms with Crippen LogP contribution in [-0.2, 0) is 4.79 Å². The van der Waals surface area contributed by atoms with Crippen molar-refractivity contribution in [1.29, 1.82) is 0 Å². The Labute approximate surface area is 75.9 Å². The van der Waals surface area contributed by atoms with E-state index in [-0.39, 0.29) is 0 Å². The van der Waals surface area contributed by atoms with Crippen LogP contribution in [0.25, 0.3) is 0 Å². The monoisotopic (exact) mass is 171 g/mol. The summed E-state index contributed by atoms with van der Waals surface area (Å²) in [6.07, 6.45) is 3.23. The van der Waals surface area contributed by atoms with E-state index in [1.807, 2.05) is 7.05 Å². The Bertz CT molecular complexity index is 123. The number of amides is 1. The van der Waals surface area contributed by atoms with Crippen LogP contribution in [0.2, 0.25) is 0 Å². The minimum Gasteiger partial charge on any atom is -0.348 e. The summed E-state index contributed by atoms with van der Waals surface area (Å²) in [7, 11) is 1.83. The maximum Gasteiger partial charge on any atom is 0.209 e. The van der Waals surface area contributed by atoms with Gasteiger partial charge in [-0.2, -0.15) is 0 Å². The van der Waals surface area contributed by atoms with E-state index in [0.717, 1.165) is 31.2 Å². The second-order valence-electron chi connectivity index (χ2n) is 3.95. The summed E-state index contributed by atoms with van der Waals surface area (Å²) in [5.74, 6) is 1.52. The molecule has 2 heteroatoms. The molecule has 0 aliphatic heterocycles. The molecule has 0 bridgehead atoms. The third-order valence-electron chi connectivity index (χ3n) is 2.49. The molecule has 0 heterocycles. The van der Waals surface area contributed by atoms with Crippen molar-refractivity contribution < 1.29 is 4.79 Å². The van der Waals surface area contributed by atoms with Gasteiger partial charge >= 0.3 is 0 Å². The van der Waals surface area contributed by atoms with Crippen LogP contribution >= 0.6 is 0 Å². The van der Waals surface area contributed by atoms with Crippen molar-refractivity contribution in [3.8, 4) is 0 Å². The van der Waals surface area contributed by atoms with Crippen LogP contribution in [0.1, 0.15) is 33.6 Å². The van der Waals surface area contributed by atoms with Crippen molar-refractivity contribution in [2.24, 2.45) is 11.8 Å². The molecule has 0 aliphatic carbocycles. The number of carbonyl (C=O) groups is 1. The molecule has 1 atom stereocenters. The van der Waals surface area contributed by atoms with Gasteiger partial charge in [-0.15, -0.1) is 0 Å². The van der Waals surface area contributed by atoms with Crippen LogP contribution in [0.3, 0.4) is 0 Å². The van der Waals surface area contributed by atoms with Gasteiger partial charge in [-0.05, 0) is 24.7 Å². The van der Waals surface area contributed by atoms with E-state index in [2.05, 4.69) is 20.8 Å². The SMILES string of the molecule is CC(C)C(C)CCCN(C)C=O. The highest BCUT2D eigenvalue weighted by Gasteiger charge is 2.06. The fourth-order valence-electron chi connectivity index (χ4n) is 1.05. The van der Waals surface area contributed by atoms with Crippen LogP contribution in [0, 0.1) is 11.8 Å². The van der Waals surface area contributed by atoms with Gasteiger partial charge in [0.15, 0.2) is 0 Å². The van der Waals surface area contributed by atoms with Crippen LogP contribution in [-0.4, -0.2) is 24.9 Å². The number of nitrogens with zero attached hydrogens (tertiary/aromatic N) is 1. The van der Waals surface area contributed by atoms with Gasteiger partial charge in [-0.3, -0.25) is 4.79 Å². The Morgan fingerprint density at radius 1 is 1.33 bits per heavy atom. The maximum atomic E-state index is 10.2. The summed E-state index contributed by atoms with van der Waals surface area (Å²) in [5, 5.41) is 0. The van der Waals surface area contributed by atoms with Crippen molar-refractivity contribution in [1.82, 2.24) is 4.90 Å². The zero-order chi connectivity index (χ0) is 9.56. The van der Waals surface area contributed by atoms with Crippen LogP contribution < -0.4 is 0 Å². The Hall–Kier alpha value is -0.530. The number of hydrogen-bond donors (Lipinski definition) is 0. The first-order valence-corrected chi connectivity index (χ1v) is 4.73. The summed E-state index contributed by atoms with van der Waals surface area (Å²) in [6.45, 7) is 7.65. The van der Waals surface area contributed by atoms with Gasteiger partial charge in [-0.25, -0.2) is 0 Å². The van der Waals surface area contributed by atoms with Crippen molar-refractivity contribution in [3.63, 3.8) is 0 Å². The van der Waals surface area contributed by atoms with E-state index >= 15 is 0 Å². The van der Waals surface area contributed by atoms with Crippen molar-refractivity contribution in [2.45, 2.75) is 33.6 Å². The van der Waals surface area contributed by atoms with Gasteiger partial charge in [0, 0.05) is 13.6 Å². The first-order valence-electron chi connectivity index (χ1n) is 4.73. The Morgan fingerprint density at radius 3 is 2.33 bits per heavy atom. The minimum atomic E-state index is 0.756. The fourth-order valence-corrected chi connectivity index (χ4v) is 1.05. The third-order valence-corrected chi connectivity index (χ3v) is 2.49. The average Bonchev–Trinajstić information content (AvgIpc) is 2.03. The smallest absolute Gasteiger partial charge is 0.209 e. The standard InChI is InChI=1S/C10H21NO/c1-9(2)10(3)6-5-7-11(4)8-12/h8-10H,5-7H2,1-4H3. The summed E-state index contributed by atoms with van der Waals surface area (Å²) in [4.78, 5) is 11.9.